The molecule has 5 nitrogen and oxygen atoms in total. The average Bonchev–Trinajstić information content (AvgIpc) is 3.24. The van der Waals surface area contributed by atoms with Crippen LogP contribution in [0.2, 0.25) is 5.02 Å². The third-order valence-corrected chi connectivity index (χ3v) is 4.94. The van der Waals surface area contributed by atoms with E-state index in [1.807, 2.05) is 18.2 Å². The number of carbonyl (C=O) groups excluding carboxylic acids is 1. The maximum absolute atomic E-state index is 12.4. The number of nitrogens with one attached hydrogen (secondary N) is 2. The van der Waals surface area contributed by atoms with Crippen LogP contribution in [0.15, 0.2) is 54.6 Å². The second kappa shape index (κ2) is 6.93. The number of rotatable bonds is 4. The monoisotopic (exact) mass is 378 g/mol. The van der Waals surface area contributed by atoms with Crippen LogP contribution in [0.3, 0.4) is 0 Å². The first kappa shape index (κ1) is 17.4. The molecule has 2 N–H and O–H groups in total. The summed E-state index contributed by atoms with van der Waals surface area (Å²) in [5.74, 6) is 0.227. The van der Waals surface area contributed by atoms with Gasteiger partial charge in [-0.1, -0.05) is 35.9 Å². The summed E-state index contributed by atoms with van der Waals surface area (Å²) < 4.78 is 2.25. The van der Waals surface area contributed by atoms with Crippen molar-refractivity contribution in [3.8, 4) is 11.4 Å². The molecule has 0 aliphatic heterocycles. The van der Waals surface area contributed by atoms with Crippen LogP contribution in [0.5, 0.6) is 0 Å². The Labute approximate surface area is 162 Å². The van der Waals surface area contributed by atoms with E-state index in [1.165, 1.54) is 16.5 Å². The zero-order chi connectivity index (χ0) is 19.0. The van der Waals surface area contributed by atoms with E-state index in [0.29, 0.717) is 16.4 Å². The lowest BCUT2D eigenvalue weighted by atomic mass is 10.1. The Morgan fingerprint density at radius 3 is 2.78 bits per heavy atom. The number of amides is 1. The normalized spacial score (nSPS) is 11.1. The lowest BCUT2D eigenvalue weighted by Gasteiger charge is -2.06. The van der Waals surface area contributed by atoms with Gasteiger partial charge in [0.1, 0.15) is 0 Å². The Kier molecular flexibility index (Phi) is 4.46. The minimum Gasteiger partial charge on any atom is -0.339 e. The number of halogens is 1. The molecule has 0 unspecified atom stereocenters. The van der Waals surface area contributed by atoms with E-state index in [2.05, 4.69) is 46.1 Å². The Hall–Kier alpha value is -3.05. The molecule has 1 amide bonds. The number of benzene rings is 2. The number of carbonyl (C=O) groups is 1. The zero-order valence-corrected chi connectivity index (χ0v) is 15.8. The number of H-pyrrole nitrogens is 1. The SMILES string of the molecule is CCn1c(-c2cc(NC(=O)c3cccc(Cl)c3)n[nH]2)c(C)c2ccccc21. The van der Waals surface area contributed by atoms with Crippen molar-refractivity contribution in [2.75, 3.05) is 5.32 Å². The highest BCUT2D eigenvalue weighted by atomic mass is 35.5. The van der Waals surface area contributed by atoms with Crippen molar-refractivity contribution in [1.29, 1.82) is 0 Å². The number of hydrogen-bond donors (Lipinski definition) is 2. The number of aryl methyl sites for hydroxylation is 2. The Morgan fingerprint density at radius 1 is 1.19 bits per heavy atom. The topological polar surface area (TPSA) is 62.7 Å². The predicted molar refractivity (Wildman–Crippen MR) is 109 cm³/mol. The van der Waals surface area contributed by atoms with E-state index in [-0.39, 0.29) is 5.91 Å². The molecule has 136 valence electrons. The van der Waals surface area contributed by atoms with Crippen LogP contribution >= 0.6 is 11.6 Å². The number of aromatic nitrogens is 3. The van der Waals surface area contributed by atoms with Gasteiger partial charge in [-0.25, -0.2) is 0 Å². The summed E-state index contributed by atoms with van der Waals surface area (Å²) in [6.07, 6.45) is 0. The van der Waals surface area contributed by atoms with Gasteiger partial charge in [0, 0.05) is 34.1 Å². The molecule has 0 saturated heterocycles. The minimum atomic E-state index is -0.247. The van der Waals surface area contributed by atoms with Crippen molar-refractivity contribution < 1.29 is 4.79 Å². The fraction of sp³-hybridized carbons (Fsp3) is 0.143. The Morgan fingerprint density at radius 2 is 2.00 bits per heavy atom. The molecule has 0 aliphatic carbocycles. The third kappa shape index (κ3) is 3.11. The van der Waals surface area contributed by atoms with Gasteiger partial charge in [-0.05, 0) is 43.7 Å². The van der Waals surface area contributed by atoms with Crippen LogP contribution < -0.4 is 5.32 Å². The van der Waals surface area contributed by atoms with E-state index in [1.54, 1.807) is 24.3 Å². The number of aromatic amines is 1. The fourth-order valence-corrected chi connectivity index (χ4v) is 3.67. The molecule has 0 atom stereocenters. The van der Waals surface area contributed by atoms with Crippen molar-refractivity contribution in [3.05, 3.63) is 70.7 Å². The van der Waals surface area contributed by atoms with Crippen LogP contribution in [-0.2, 0) is 6.54 Å². The number of hydrogen-bond acceptors (Lipinski definition) is 2. The molecule has 6 heteroatoms. The molecular weight excluding hydrogens is 360 g/mol. The van der Waals surface area contributed by atoms with Crippen LogP contribution in [0.25, 0.3) is 22.3 Å². The molecule has 0 aliphatic rings. The highest BCUT2D eigenvalue weighted by Crippen LogP contribution is 2.33. The first-order valence-corrected chi connectivity index (χ1v) is 9.16. The lowest BCUT2D eigenvalue weighted by molar-refractivity contribution is 0.102. The summed E-state index contributed by atoms with van der Waals surface area (Å²) in [7, 11) is 0. The summed E-state index contributed by atoms with van der Waals surface area (Å²) in [6.45, 7) is 5.06. The molecule has 2 heterocycles. The molecule has 27 heavy (non-hydrogen) atoms. The van der Waals surface area contributed by atoms with Crippen LogP contribution in [-0.4, -0.2) is 20.7 Å². The molecule has 0 fully saturated rings. The first-order valence-electron chi connectivity index (χ1n) is 8.79. The largest absolute Gasteiger partial charge is 0.339 e. The molecular formula is C21H19ClN4O. The van der Waals surface area contributed by atoms with E-state index in [4.69, 9.17) is 11.6 Å². The van der Waals surface area contributed by atoms with Gasteiger partial charge in [0.15, 0.2) is 5.82 Å². The van der Waals surface area contributed by atoms with Gasteiger partial charge in [-0.15, -0.1) is 0 Å². The van der Waals surface area contributed by atoms with Gasteiger partial charge < -0.3 is 9.88 Å². The van der Waals surface area contributed by atoms with Gasteiger partial charge in [0.2, 0.25) is 0 Å². The van der Waals surface area contributed by atoms with Crippen molar-refractivity contribution in [2.24, 2.45) is 0 Å². The number of fused-ring (bicyclic) bond motifs is 1. The lowest BCUT2D eigenvalue weighted by Crippen LogP contribution is -2.11. The molecule has 2 aromatic carbocycles. The molecule has 4 rings (SSSR count). The van der Waals surface area contributed by atoms with Crippen molar-refractivity contribution >= 4 is 34.2 Å². The molecule has 0 radical (unpaired) electrons. The zero-order valence-electron chi connectivity index (χ0n) is 15.1. The van der Waals surface area contributed by atoms with Crippen molar-refractivity contribution in [2.45, 2.75) is 20.4 Å². The van der Waals surface area contributed by atoms with Crippen LogP contribution in [0, 0.1) is 6.92 Å². The quantitative estimate of drug-likeness (QED) is 0.508. The number of anilines is 1. The maximum atomic E-state index is 12.4. The minimum absolute atomic E-state index is 0.247. The van der Waals surface area contributed by atoms with Crippen molar-refractivity contribution in [1.82, 2.24) is 14.8 Å². The summed E-state index contributed by atoms with van der Waals surface area (Å²) in [5.41, 5.74) is 4.81. The van der Waals surface area contributed by atoms with Gasteiger partial charge in [-0.3, -0.25) is 9.89 Å². The average molecular weight is 379 g/mol. The second-order valence-corrected chi connectivity index (χ2v) is 6.80. The summed E-state index contributed by atoms with van der Waals surface area (Å²) in [6, 6.07) is 17.0. The van der Waals surface area contributed by atoms with E-state index < -0.39 is 0 Å². The van der Waals surface area contributed by atoms with Crippen LogP contribution in [0.4, 0.5) is 5.82 Å². The number of para-hydroxylation sites is 1. The van der Waals surface area contributed by atoms with E-state index in [9.17, 15) is 4.79 Å². The van der Waals surface area contributed by atoms with E-state index >= 15 is 0 Å². The van der Waals surface area contributed by atoms with Crippen molar-refractivity contribution in [3.63, 3.8) is 0 Å². The Balaban J connectivity index is 1.68. The van der Waals surface area contributed by atoms with Gasteiger partial charge >= 0.3 is 0 Å². The second-order valence-electron chi connectivity index (χ2n) is 6.37. The highest BCUT2D eigenvalue weighted by Gasteiger charge is 2.17. The molecule has 2 aromatic heterocycles. The predicted octanol–water partition coefficient (Wildman–Crippen LogP) is 5.27. The first-order chi connectivity index (χ1) is 13.1. The summed E-state index contributed by atoms with van der Waals surface area (Å²) in [4.78, 5) is 12.4. The highest BCUT2D eigenvalue weighted by molar-refractivity contribution is 6.31. The van der Waals surface area contributed by atoms with Gasteiger partial charge in [0.05, 0.1) is 11.4 Å². The van der Waals surface area contributed by atoms with Crippen LogP contribution in [0.1, 0.15) is 22.8 Å². The maximum Gasteiger partial charge on any atom is 0.256 e. The van der Waals surface area contributed by atoms with Gasteiger partial charge in [-0.2, -0.15) is 5.10 Å². The molecule has 4 aromatic rings. The molecule has 0 spiro atoms. The third-order valence-electron chi connectivity index (χ3n) is 4.70. The fourth-order valence-electron chi connectivity index (χ4n) is 3.48. The summed E-state index contributed by atoms with van der Waals surface area (Å²) in [5, 5.41) is 11.9. The van der Waals surface area contributed by atoms with Gasteiger partial charge in [0.25, 0.3) is 5.91 Å². The van der Waals surface area contributed by atoms with E-state index in [0.717, 1.165) is 17.9 Å². The standard InChI is InChI=1S/C21H19ClN4O/c1-3-26-18-10-5-4-9-16(18)13(2)20(26)17-12-19(25-24-17)23-21(27)14-7-6-8-15(22)11-14/h4-12H,3H2,1-2H3,(H2,23,24,25,27). The smallest absolute Gasteiger partial charge is 0.256 e. The molecule has 0 saturated carbocycles. The Bertz CT molecular complexity index is 1140. The molecule has 0 bridgehead atoms. The summed E-state index contributed by atoms with van der Waals surface area (Å²) >= 11 is 5.96. The number of nitrogens with zero attached hydrogens (tertiary/aromatic N) is 2.